The van der Waals surface area contributed by atoms with Gasteiger partial charge in [-0.3, -0.25) is 4.79 Å². The number of carbonyl (C=O) groups excluding carboxylic acids is 1. The third kappa shape index (κ3) is 5.86. The van der Waals surface area contributed by atoms with E-state index in [9.17, 15) is 4.79 Å². The van der Waals surface area contributed by atoms with Gasteiger partial charge in [-0.05, 0) is 19.7 Å². The molecule has 0 bridgehead atoms. The van der Waals surface area contributed by atoms with Crippen molar-refractivity contribution in [3.8, 4) is 11.4 Å². The SMILES string of the molecule is CN(C)CCNc1cc(C(=O)N(C)Cc2ccccc2)nc(-c2ccccc2)n1. The van der Waals surface area contributed by atoms with E-state index in [2.05, 4.69) is 20.2 Å². The van der Waals surface area contributed by atoms with E-state index in [4.69, 9.17) is 0 Å². The van der Waals surface area contributed by atoms with Crippen LogP contribution in [0.5, 0.6) is 0 Å². The third-order valence-corrected chi connectivity index (χ3v) is 4.45. The summed E-state index contributed by atoms with van der Waals surface area (Å²) in [6.07, 6.45) is 0. The normalized spacial score (nSPS) is 10.8. The Morgan fingerprint density at radius 1 is 0.931 bits per heavy atom. The van der Waals surface area contributed by atoms with Crippen LogP contribution < -0.4 is 5.32 Å². The van der Waals surface area contributed by atoms with Gasteiger partial charge in [-0.15, -0.1) is 0 Å². The molecule has 0 spiro atoms. The number of aromatic nitrogens is 2. The quantitative estimate of drug-likeness (QED) is 0.640. The number of amides is 1. The first-order valence-electron chi connectivity index (χ1n) is 9.65. The van der Waals surface area contributed by atoms with Gasteiger partial charge in [-0.25, -0.2) is 9.97 Å². The molecule has 3 rings (SSSR count). The zero-order chi connectivity index (χ0) is 20.6. The highest BCUT2D eigenvalue weighted by atomic mass is 16.2. The first-order chi connectivity index (χ1) is 14.0. The van der Waals surface area contributed by atoms with E-state index >= 15 is 0 Å². The Hall–Kier alpha value is -3.25. The number of carbonyl (C=O) groups is 1. The summed E-state index contributed by atoms with van der Waals surface area (Å²) in [6.45, 7) is 2.11. The second kappa shape index (κ2) is 9.80. The molecule has 1 amide bonds. The lowest BCUT2D eigenvalue weighted by atomic mass is 10.2. The second-order valence-corrected chi connectivity index (χ2v) is 7.20. The largest absolute Gasteiger partial charge is 0.369 e. The van der Waals surface area contributed by atoms with Gasteiger partial charge in [0.15, 0.2) is 5.82 Å². The Kier molecular flexibility index (Phi) is 6.92. The molecule has 6 nitrogen and oxygen atoms in total. The highest BCUT2D eigenvalue weighted by Crippen LogP contribution is 2.19. The van der Waals surface area contributed by atoms with E-state index in [1.807, 2.05) is 74.8 Å². The van der Waals surface area contributed by atoms with Gasteiger partial charge in [0.1, 0.15) is 11.5 Å². The molecule has 29 heavy (non-hydrogen) atoms. The summed E-state index contributed by atoms with van der Waals surface area (Å²) >= 11 is 0. The summed E-state index contributed by atoms with van der Waals surface area (Å²) in [7, 11) is 5.83. The van der Waals surface area contributed by atoms with Crippen LogP contribution in [0.2, 0.25) is 0 Å². The molecule has 2 aromatic carbocycles. The van der Waals surface area contributed by atoms with Crippen molar-refractivity contribution in [3.05, 3.63) is 78.0 Å². The van der Waals surface area contributed by atoms with Crippen molar-refractivity contribution in [1.29, 1.82) is 0 Å². The highest BCUT2D eigenvalue weighted by molar-refractivity contribution is 5.93. The predicted molar refractivity (Wildman–Crippen MR) is 117 cm³/mol. The molecular formula is C23H27N5O. The fourth-order valence-corrected chi connectivity index (χ4v) is 2.90. The standard InChI is InChI=1S/C23H27N5O/c1-27(2)15-14-24-21-16-20(25-22(26-21)19-12-8-5-9-13-19)23(29)28(3)17-18-10-6-4-7-11-18/h4-13,16H,14-15,17H2,1-3H3,(H,24,25,26). The zero-order valence-electron chi connectivity index (χ0n) is 17.2. The van der Waals surface area contributed by atoms with Crippen molar-refractivity contribution >= 4 is 11.7 Å². The zero-order valence-corrected chi connectivity index (χ0v) is 17.2. The van der Waals surface area contributed by atoms with Crippen molar-refractivity contribution in [2.24, 2.45) is 0 Å². The number of anilines is 1. The number of hydrogen-bond acceptors (Lipinski definition) is 5. The maximum atomic E-state index is 13.1. The van der Waals surface area contributed by atoms with Crippen molar-refractivity contribution in [3.63, 3.8) is 0 Å². The van der Waals surface area contributed by atoms with Crippen LogP contribution in [-0.4, -0.2) is 59.9 Å². The van der Waals surface area contributed by atoms with Gasteiger partial charge in [0, 0.05) is 38.3 Å². The highest BCUT2D eigenvalue weighted by Gasteiger charge is 2.17. The molecule has 0 saturated carbocycles. The van der Waals surface area contributed by atoms with Crippen molar-refractivity contribution < 1.29 is 4.79 Å². The molecule has 0 aliphatic carbocycles. The molecule has 3 aromatic rings. The molecule has 0 atom stereocenters. The Morgan fingerprint density at radius 3 is 2.24 bits per heavy atom. The molecule has 150 valence electrons. The molecule has 0 fully saturated rings. The minimum atomic E-state index is -0.135. The minimum Gasteiger partial charge on any atom is -0.369 e. The fraction of sp³-hybridized carbons (Fsp3) is 0.261. The van der Waals surface area contributed by atoms with Crippen LogP contribution in [0.15, 0.2) is 66.7 Å². The van der Waals surface area contributed by atoms with Gasteiger partial charge in [0.2, 0.25) is 0 Å². The molecule has 0 aliphatic heterocycles. The summed E-state index contributed by atoms with van der Waals surface area (Å²) in [4.78, 5) is 26.0. The van der Waals surface area contributed by atoms with Crippen LogP contribution in [0.1, 0.15) is 16.1 Å². The Bertz CT molecular complexity index is 929. The second-order valence-electron chi connectivity index (χ2n) is 7.20. The molecule has 0 aliphatic rings. The number of likely N-dealkylation sites (N-methyl/N-ethyl adjacent to an activating group) is 1. The van der Waals surface area contributed by atoms with Gasteiger partial charge < -0.3 is 15.1 Å². The number of hydrogen-bond donors (Lipinski definition) is 1. The van der Waals surface area contributed by atoms with Crippen LogP contribution in [0.4, 0.5) is 5.82 Å². The number of nitrogens with one attached hydrogen (secondary N) is 1. The van der Waals surface area contributed by atoms with E-state index in [1.165, 1.54) is 0 Å². The van der Waals surface area contributed by atoms with E-state index < -0.39 is 0 Å². The lowest BCUT2D eigenvalue weighted by molar-refractivity contribution is 0.0779. The molecular weight excluding hydrogens is 362 g/mol. The summed E-state index contributed by atoms with van der Waals surface area (Å²) in [6, 6.07) is 21.4. The van der Waals surface area contributed by atoms with Crippen LogP contribution >= 0.6 is 0 Å². The van der Waals surface area contributed by atoms with Crippen LogP contribution in [0.25, 0.3) is 11.4 Å². The molecule has 0 radical (unpaired) electrons. The number of benzene rings is 2. The van der Waals surface area contributed by atoms with E-state index in [1.54, 1.807) is 18.0 Å². The first-order valence-corrected chi connectivity index (χ1v) is 9.65. The average Bonchev–Trinajstić information content (AvgIpc) is 2.74. The van der Waals surface area contributed by atoms with Gasteiger partial charge >= 0.3 is 0 Å². The van der Waals surface area contributed by atoms with Crippen LogP contribution in [-0.2, 0) is 6.54 Å². The van der Waals surface area contributed by atoms with Crippen LogP contribution in [0, 0.1) is 0 Å². The topological polar surface area (TPSA) is 61.4 Å². The van der Waals surface area contributed by atoms with Gasteiger partial charge in [-0.1, -0.05) is 60.7 Å². The average molecular weight is 390 g/mol. The van der Waals surface area contributed by atoms with Crippen molar-refractivity contribution in [1.82, 2.24) is 19.8 Å². The molecule has 0 saturated heterocycles. The predicted octanol–water partition coefficient (Wildman–Crippen LogP) is 3.39. The van der Waals surface area contributed by atoms with Crippen LogP contribution in [0.3, 0.4) is 0 Å². The summed E-state index contributed by atoms with van der Waals surface area (Å²) in [5.41, 5.74) is 2.33. The van der Waals surface area contributed by atoms with E-state index in [-0.39, 0.29) is 5.91 Å². The van der Waals surface area contributed by atoms with Gasteiger partial charge in [0.05, 0.1) is 0 Å². The molecule has 1 N–H and O–H groups in total. The van der Waals surface area contributed by atoms with E-state index in [0.29, 0.717) is 23.9 Å². The van der Waals surface area contributed by atoms with Gasteiger partial charge in [0.25, 0.3) is 5.91 Å². The smallest absolute Gasteiger partial charge is 0.272 e. The van der Waals surface area contributed by atoms with Crippen molar-refractivity contribution in [2.45, 2.75) is 6.54 Å². The monoisotopic (exact) mass is 389 g/mol. The number of rotatable bonds is 8. The fourth-order valence-electron chi connectivity index (χ4n) is 2.90. The Balaban J connectivity index is 1.86. The van der Waals surface area contributed by atoms with Gasteiger partial charge in [-0.2, -0.15) is 0 Å². The lowest BCUT2D eigenvalue weighted by Crippen LogP contribution is -2.27. The molecule has 6 heteroatoms. The van der Waals surface area contributed by atoms with E-state index in [0.717, 1.165) is 24.2 Å². The summed E-state index contributed by atoms with van der Waals surface area (Å²) in [5, 5.41) is 3.31. The number of nitrogens with zero attached hydrogens (tertiary/aromatic N) is 4. The summed E-state index contributed by atoms with van der Waals surface area (Å²) < 4.78 is 0. The molecule has 1 heterocycles. The van der Waals surface area contributed by atoms with Crippen molar-refractivity contribution in [2.75, 3.05) is 39.5 Å². The third-order valence-electron chi connectivity index (χ3n) is 4.45. The maximum Gasteiger partial charge on any atom is 0.272 e. The first kappa shape index (κ1) is 20.5. The lowest BCUT2D eigenvalue weighted by Gasteiger charge is -2.18. The molecule has 1 aromatic heterocycles. The Labute approximate surface area is 172 Å². The minimum absolute atomic E-state index is 0.135. The summed E-state index contributed by atoms with van der Waals surface area (Å²) in [5.74, 6) is 1.05. The maximum absolute atomic E-state index is 13.1. The Morgan fingerprint density at radius 2 is 1.59 bits per heavy atom. The molecule has 0 unspecified atom stereocenters.